The molecule has 2 atom stereocenters. The summed E-state index contributed by atoms with van der Waals surface area (Å²) in [7, 11) is 1.76. The van der Waals surface area contributed by atoms with E-state index in [1.165, 1.54) is 30.3 Å². The third-order valence-electron chi connectivity index (χ3n) is 3.74. The molecule has 0 saturated heterocycles. The lowest BCUT2D eigenvalue weighted by atomic mass is 9.88. The molecule has 0 spiro atoms. The molecule has 1 aliphatic carbocycles. The van der Waals surface area contributed by atoms with Gasteiger partial charge in [-0.3, -0.25) is 0 Å². The Morgan fingerprint density at radius 2 is 2.10 bits per heavy atom. The number of hydrogen-bond acceptors (Lipinski definition) is 7. The summed E-state index contributed by atoms with van der Waals surface area (Å²) in [6.45, 7) is 2.21. The largest absolute Gasteiger partial charge is 0.460 e. The number of ether oxygens (including phenoxy) is 1. The van der Waals surface area contributed by atoms with Crippen LogP contribution in [0.3, 0.4) is 0 Å². The van der Waals surface area contributed by atoms with Crippen molar-refractivity contribution >= 4 is 5.95 Å². The van der Waals surface area contributed by atoms with E-state index < -0.39 is 0 Å². The van der Waals surface area contributed by atoms with Crippen molar-refractivity contribution in [2.24, 2.45) is 5.92 Å². The van der Waals surface area contributed by atoms with E-state index in [0.717, 1.165) is 6.42 Å². The Morgan fingerprint density at radius 3 is 2.81 bits per heavy atom. The Balaban J connectivity index is 1.85. The van der Waals surface area contributed by atoms with Gasteiger partial charge in [0, 0.05) is 7.05 Å². The van der Waals surface area contributed by atoms with Gasteiger partial charge in [0.25, 0.3) is 5.95 Å². The van der Waals surface area contributed by atoms with Crippen LogP contribution < -0.4 is 10.1 Å². The van der Waals surface area contributed by atoms with Gasteiger partial charge in [0.05, 0.1) is 0 Å². The number of nitrogens with zero attached hydrogens (tertiary/aromatic N) is 6. The first kappa shape index (κ1) is 13.7. The van der Waals surface area contributed by atoms with Crippen molar-refractivity contribution < 1.29 is 4.74 Å². The van der Waals surface area contributed by atoms with Crippen LogP contribution in [0.2, 0.25) is 0 Å². The normalized spacial score (nSPS) is 22.0. The summed E-state index contributed by atoms with van der Waals surface area (Å²) in [5.74, 6) is 1.36. The smallest absolute Gasteiger partial charge is 0.323 e. The molecule has 8 heteroatoms. The second-order valence-corrected chi connectivity index (χ2v) is 5.25. The lowest BCUT2D eigenvalue weighted by Gasteiger charge is -2.28. The van der Waals surface area contributed by atoms with E-state index in [2.05, 4.69) is 37.3 Å². The van der Waals surface area contributed by atoms with Crippen molar-refractivity contribution in [2.75, 3.05) is 12.4 Å². The standard InChI is InChI=1S/C13H19N7O/c1-9-5-3-4-6-10(9)21-13-18-11(14-2)17-12(19-13)20-8-15-7-16-20/h7-10H,3-6H2,1-2H3,(H,14,17,18,19). The molecule has 21 heavy (non-hydrogen) atoms. The van der Waals surface area contributed by atoms with Gasteiger partial charge in [0.1, 0.15) is 18.8 Å². The fraction of sp³-hybridized carbons (Fsp3) is 0.615. The first-order valence-electron chi connectivity index (χ1n) is 7.22. The first-order valence-corrected chi connectivity index (χ1v) is 7.22. The zero-order valence-electron chi connectivity index (χ0n) is 12.2. The zero-order chi connectivity index (χ0) is 14.7. The zero-order valence-corrected chi connectivity index (χ0v) is 12.2. The van der Waals surface area contributed by atoms with Crippen LogP contribution in [0.25, 0.3) is 5.95 Å². The van der Waals surface area contributed by atoms with Crippen LogP contribution in [-0.2, 0) is 0 Å². The SMILES string of the molecule is CNc1nc(OC2CCCCC2C)nc(-n2cncn2)n1. The van der Waals surface area contributed by atoms with Gasteiger partial charge in [-0.2, -0.15) is 24.7 Å². The number of anilines is 1. The number of aromatic nitrogens is 6. The molecule has 1 aliphatic rings. The second kappa shape index (κ2) is 6.02. The maximum Gasteiger partial charge on any atom is 0.323 e. The van der Waals surface area contributed by atoms with Gasteiger partial charge in [0.15, 0.2) is 0 Å². The molecule has 8 nitrogen and oxygen atoms in total. The summed E-state index contributed by atoms with van der Waals surface area (Å²) < 4.78 is 7.47. The van der Waals surface area contributed by atoms with Crippen molar-refractivity contribution in [1.29, 1.82) is 0 Å². The summed E-state index contributed by atoms with van der Waals surface area (Å²) in [6, 6.07) is 0.332. The van der Waals surface area contributed by atoms with E-state index in [9.17, 15) is 0 Å². The Hall–Kier alpha value is -2.25. The van der Waals surface area contributed by atoms with Crippen LogP contribution in [0.1, 0.15) is 32.6 Å². The summed E-state index contributed by atoms with van der Waals surface area (Å²) in [5.41, 5.74) is 0. The van der Waals surface area contributed by atoms with Gasteiger partial charge in [-0.1, -0.05) is 13.3 Å². The maximum atomic E-state index is 5.99. The quantitative estimate of drug-likeness (QED) is 0.910. The third kappa shape index (κ3) is 3.09. The number of hydrogen-bond donors (Lipinski definition) is 1. The van der Waals surface area contributed by atoms with Gasteiger partial charge in [-0.05, 0) is 25.2 Å². The van der Waals surface area contributed by atoms with Crippen LogP contribution in [0.15, 0.2) is 12.7 Å². The predicted octanol–water partition coefficient (Wildman–Crippen LogP) is 1.45. The minimum atomic E-state index is 0.162. The Labute approximate surface area is 123 Å². The minimum absolute atomic E-state index is 0.162. The molecule has 0 radical (unpaired) electrons. The van der Waals surface area contributed by atoms with E-state index >= 15 is 0 Å². The molecule has 1 fully saturated rings. The molecule has 2 aromatic rings. The summed E-state index contributed by atoms with van der Waals surface area (Å²) in [5, 5.41) is 6.95. The lowest BCUT2D eigenvalue weighted by Crippen LogP contribution is -2.29. The third-order valence-corrected chi connectivity index (χ3v) is 3.74. The molecular formula is C13H19N7O. The molecule has 112 valence electrons. The molecule has 2 aromatic heterocycles. The summed E-state index contributed by atoms with van der Waals surface area (Å²) in [4.78, 5) is 16.8. The van der Waals surface area contributed by atoms with Crippen LogP contribution in [-0.4, -0.2) is 42.9 Å². The highest BCUT2D eigenvalue weighted by Gasteiger charge is 2.24. The van der Waals surface area contributed by atoms with E-state index in [1.54, 1.807) is 13.4 Å². The fourth-order valence-electron chi connectivity index (χ4n) is 2.52. The van der Waals surface area contributed by atoms with Gasteiger partial charge < -0.3 is 10.1 Å². The van der Waals surface area contributed by atoms with Crippen LogP contribution in [0.4, 0.5) is 5.95 Å². The fourth-order valence-corrected chi connectivity index (χ4v) is 2.52. The van der Waals surface area contributed by atoms with Crippen molar-refractivity contribution in [1.82, 2.24) is 29.7 Å². The topological polar surface area (TPSA) is 90.6 Å². The number of rotatable bonds is 4. The summed E-state index contributed by atoms with van der Waals surface area (Å²) >= 11 is 0. The van der Waals surface area contributed by atoms with Gasteiger partial charge in [-0.25, -0.2) is 4.98 Å². The van der Waals surface area contributed by atoms with Crippen LogP contribution in [0.5, 0.6) is 6.01 Å². The minimum Gasteiger partial charge on any atom is -0.460 e. The molecular weight excluding hydrogens is 270 g/mol. The van der Waals surface area contributed by atoms with E-state index in [-0.39, 0.29) is 6.10 Å². The van der Waals surface area contributed by atoms with Gasteiger partial charge in [0.2, 0.25) is 5.95 Å². The second-order valence-electron chi connectivity index (χ2n) is 5.25. The molecule has 0 amide bonds. The average Bonchev–Trinajstić information content (AvgIpc) is 3.04. The molecule has 3 rings (SSSR count). The Morgan fingerprint density at radius 1 is 1.24 bits per heavy atom. The maximum absolute atomic E-state index is 5.99. The molecule has 2 heterocycles. The van der Waals surface area contributed by atoms with Crippen molar-refractivity contribution in [3.05, 3.63) is 12.7 Å². The van der Waals surface area contributed by atoms with E-state index in [0.29, 0.717) is 23.8 Å². The highest BCUT2D eigenvalue weighted by molar-refractivity contribution is 5.28. The van der Waals surface area contributed by atoms with Crippen molar-refractivity contribution in [2.45, 2.75) is 38.7 Å². The molecule has 2 unspecified atom stereocenters. The highest BCUT2D eigenvalue weighted by atomic mass is 16.5. The summed E-state index contributed by atoms with van der Waals surface area (Å²) in [6.07, 6.45) is 7.83. The monoisotopic (exact) mass is 289 g/mol. The molecule has 1 saturated carbocycles. The van der Waals surface area contributed by atoms with Gasteiger partial charge >= 0.3 is 6.01 Å². The predicted molar refractivity (Wildman–Crippen MR) is 76.3 cm³/mol. The highest BCUT2D eigenvalue weighted by Crippen LogP contribution is 2.27. The van der Waals surface area contributed by atoms with Crippen molar-refractivity contribution in [3.8, 4) is 12.0 Å². The molecule has 0 bridgehead atoms. The molecule has 1 N–H and O–H groups in total. The molecule has 0 aliphatic heterocycles. The number of nitrogens with one attached hydrogen (secondary N) is 1. The van der Waals surface area contributed by atoms with Crippen LogP contribution in [0, 0.1) is 5.92 Å². The lowest BCUT2D eigenvalue weighted by molar-refractivity contribution is 0.0921. The van der Waals surface area contributed by atoms with E-state index in [1.807, 2.05) is 0 Å². The van der Waals surface area contributed by atoms with E-state index in [4.69, 9.17) is 4.74 Å². The van der Waals surface area contributed by atoms with Crippen LogP contribution >= 0.6 is 0 Å². The Bertz CT molecular complexity index is 586. The Kier molecular flexibility index (Phi) is 3.94. The first-order chi connectivity index (χ1) is 10.3. The van der Waals surface area contributed by atoms with Gasteiger partial charge in [-0.15, -0.1) is 0 Å². The molecule has 0 aromatic carbocycles. The average molecular weight is 289 g/mol. The van der Waals surface area contributed by atoms with Crippen molar-refractivity contribution in [3.63, 3.8) is 0 Å².